The first-order chi connectivity index (χ1) is 9.28. The van der Waals surface area contributed by atoms with E-state index < -0.39 is 0 Å². The molecule has 1 heterocycles. The number of rotatable bonds is 5. The van der Waals surface area contributed by atoms with Crippen molar-refractivity contribution in [2.75, 3.05) is 26.2 Å². The van der Waals surface area contributed by atoms with E-state index in [0.717, 1.165) is 13.2 Å². The minimum Gasteiger partial charge on any atom is -0.377 e. The van der Waals surface area contributed by atoms with Gasteiger partial charge in [0.15, 0.2) is 0 Å². The van der Waals surface area contributed by atoms with Crippen LogP contribution in [-0.4, -0.2) is 49.3 Å². The third kappa shape index (κ3) is 5.41. The Morgan fingerprint density at radius 3 is 2.58 bits per heavy atom. The molecule has 112 valence electrons. The van der Waals surface area contributed by atoms with Gasteiger partial charge in [0, 0.05) is 18.6 Å². The van der Waals surface area contributed by atoms with Gasteiger partial charge in [0.2, 0.25) is 0 Å². The predicted molar refractivity (Wildman–Crippen MR) is 80.6 cm³/mol. The summed E-state index contributed by atoms with van der Waals surface area (Å²) in [5, 5.41) is 3.73. The maximum absolute atomic E-state index is 6.00. The van der Waals surface area contributed by atoms with Crippen molar-refractivity contribution in [3.05, 3.63) is 0 Å². The fraction of sp³-hybridized carbons (Fsp3) is 1.00. The van der Waals surface area contributed by atoms with E-state index >= 15 is 0 Å². The molecule has 0 spiro atoms. The van der Waals surface area contributed by atoms with Crippen LogP contribution < -0.4 is 5.32 Å². The Morgan fingerprint density at radius 1 is 1.11 bits per heavy atom. The van der Waals surface area contributed by atoms with E-state index in [1.54, 1.807) is 0 Å². The van der Waals surface area contributed by atoms with Gasteiger partial charge in [-0.05, 0) is 52.1 Å². The highest BCUT2D eigenvalue weighted by molar-refractivity contribution is 4.77. The summed E-state index contributed by atoms with van der Waals surface area (Å²) in [4.78, 5) is 2.61. The molecule has 1 aliphatic heterocycles. The molecule has 3 heteroatoms. The highest BCUT2D eigenvalue weighted by Gasteiger charge is 2.19. The topological polar surface area (TPSA) is 24.5 Å². The van der Waals surface area contributed by atoms with Crippen LogP contribution in [0.2, 0.25) is 0 Å². The van der Waals surface area contributed by atoms with E-state index in [4.69, 9.17) is 4.74 Å². The summed E-state index contributed by atoms with van der Waals surface area (Å²) in [6, 6.07) is 1.36. The van der Waals surface area contributed by atoms with E-state index in [9.17, 15) is 0 Å². The first kappa shape index (κ1) is 15.3. The Balaban J connectivity index is 1.66. The van der Waals surface area contributed by atoms with E-state index in [1.165, 1.54) is 58.0 Å². The number of hydrogen-bond donors (Lipinski definition) is 1. The van der Waals surface area contributed by atoms with Crippen LogP contribution in [0.1, 0.15) is 58.8 Å². The molecule has 2 atom stereocenters. The summed E-state index contributed by atoms with van der Waals surface area (Å²) >= 11 is 0. The van der Waals surface area contributed by atoms with Crippen molar-refractivity contribution in [2.24, 2.45) is 0 Å². The van der Waals surface area contributed by atoms with Crippen LogP contribution >= 0.6 is 0 Å². The molecule has 0 aromatic rings. The van der Waals surface area contributed by atoms with Crippen LogP contribution in [0.15, 0.2) is 0 Å². The molecule has 0 amide bonds. The van der Waals surface area contributed by atoms with Crippen molar-refractivity contribution in [1.29, 1.82) is 0 Å². The lowest BCUT2D eigenvalue weighted by molar-refractivity contribution is 0.0392. The number of ether oxygens (including phenoxy) is 1. The molecular weight excluding hydrogens is 236 g/mol. The molecule has 2 aliphatic rings. The minimum atomic E-state index is 0.568. The molecule has 1 aliphatic carbocycles. The Morgan fingerprint density at radius 2 is 1.84 bits per heavy atom. The summed E-state index contributed by atoms with van der Waals surface area (Å²) < 4.78 is 6.00. The molecule has 2 rings (SSSR count). The average molecular weight is 268 g/mol. The first-order valence-corrected chi connectivity index (χ1v) is 8.38. The van der Waals surface area contributed by atoms with Gasteiger partial charge in [-0.25, -0.2) is 0 Å². The molecule has 0 aromatic carbocycles. The smallest absolute Gasteiger partial charge is 0.0597 e. The van der Waals surface area contributed by atoms with Crippen molar-refractivity contribution >= 4 is 0 Å². The molecular formula is C16H32N2O. The van der Waals surface area contributed by atoms with Gasteiger partial charge in [0.25, 0.3) is 0 Å². The lowest BCUT2D eigenvalue weighted by Gasteiger charge is -2.32. The van der Waals surface area contributed by atoms with E-state index in [0.29, 0.717) is 18.2 Å². The molecule has 2 fully saturated rings. The zero-order valence-electron chi connectivity index (χ0n) is 12.9. The molecule has 2 unspecified atom stereocenters. The van der Waals surface area contributed by atoms with Gasteiger partial charge in [0.1, 0.15) is 0 Å². The summed E-state index contributed by atoms with van der Waals surface area (Å²) in [5.74, 6) is 0. The van der Waals surface area contributed by atoms with Gasteiger partial charge in [0.05, 0.1) is 12.7 Å². The van der Waals surface area contributed by atoms with Gasteiger partial charge in [-0.1, -0.05) is 19.8 Å². The molecule has 1 saturated heterocycles. The quantitative estimate of drug-likeness (QED) is 0.830. The Bertz CT molecular complexity index is 241. The highest BCUT2D eigenvalue weighted by atomic mass is 16.5. The van der Waals surface area contributed by atoms with Crippen molar-refractivity contribution in [3.8, 4) is 0 Å². The fourth-order valence-electron chi connectivity index (χ4n) is 3.34. The van der Waals surface area contributed by atoms with E-state index in [-0.39, 0.29) is 0 Å². The van der Waals surface area contributed by atoms with Gasteiger partial charge in [-0.2, -0.15) is 0 Å². The second-order valence-corrected chi connectivity index (χ2v) is 6.37. The number of hydrogen-bond acceptors (Lipinski definition) is 3. The summed E-state index contributed by atoms with van der Waals surface area (Å²) in [6.07, 6.45) is 9.68. The van der Waals surface area contributed by atoms with Crippen LogP contribution in [0.25, 0.3) is 0 Å². The van der Waals surface area contributed by atoms with Crippen LogP contribution in [0, 0.1) is 0 Å². The van der Waals surface area contributed by atoms with Crippen LogP contribution in [0.5, 0.6) is 0 Å². The Labute approximate surface area is 119 Å². The maximum atomic E-state index is 6.00. The third-order valence-corrected chi connectivity index (χ3v) is 4.75. The lowest BCUT2D eigenvalue weighted by Crippen LogP contribution is -2.44. The zero-order valence-corrected chi connectivity index (χ0v) is 12.9. The molecule has 0 bridgehead atoms. The molecule has 0 aromatic heterocycles. The van der Waals surface area contributed by atoms with Crippen LogP contribution in [0.3, 0.4) is 0 Å². The molecule has 1 N–H and O–H groups in total. The molecule has 3 nitrogen and oxygen atoms in total. The normalized spacial score (nSPS) is 31.3. The minimum absolute atomic E-state index is 0.568. The average Bonchev–Trinajstić information content (AvgIpc) is 2.90. The maximum Gasteiger partial charge on any atom is 0.0597 e. The monoisotopic (exact) mass is 268 g/mol. The van der Waals surface area contributed by atoms with Crippen molar-refractivity contribution in [2.45, 2.75) is 77.0 Å². The highest BCUT2D eigenvalue weighted by Crippen LogP contribution is 2.20. The lowest BCUT2D eigenvalue weighted by atomic mass is 10.1. The molecule has 19 heavy (non-hydrogen) atoms. The third-order valence-electron chi connectivity index (χ3n) is 4.75. The second-order valence-electron chi connectivity index (χ2n) is 6.37. The van der Waals surface area contributed by atoms with E-state index in [1.807, 2.05) is 0 Å². The summed E-state index contributed by atoms with van der Waals surface area (Å²) in [5.41, 5.74) is 0. The molecule has 0 radical (unpaired) electrons. The van der Waals surface area contributed by atoms with Gasteiger partial charge < -0.3 is 15.0 Å². The van der Waals surface area contributed by atoms with Crippen molar-refractivity contribution < 1.29 is 4.74 Å². The van der Waals surface area contributed by atoms with Gasteiger partial charge >= 0.3 is 0 Å². The largest absolute Gasteiger partial charge is 0.377 e. The number of nitrogens with one attached hydrogen (secondary N) is 1. The van der Waals surface area contributed by atoms with E-state index in [2.05, 4.69) is 24.1 Å². The standard InChI is InChI=1S/C16H32N2O/c1-3-15-9-11-18(10-8-14(2)17-15)12-13-19-16-6-4-5-7-16/h14-17H,3-13H2,1-2H3. The van der Waals surface area contributed by atoms with Crippen LogP contribution in [0.4, 0.5) is 0 Å². The zero-order chi connectivity index (χ0) is 13.5. The number of nitrogens with zero attached hydrogens (tertiary/aromatic N) is 1. The van der Waals surface area contributed by atoms with Crippen molar-refractivity contribution in [3.63, 3.8) is 0 Å². The Hall–Kier alpha value is -0.120. The molecule has 1 saturated carbocycles. The SMILES string of the molecule is CCC1CCN(CCOC2CCCC2)CCC(C)N1. The second kappa shape index (κ2) is 8.23. The van der Waals surface area contributed by atoms with Gasteiger partial charge in [-0.15, -0.1) is 0 Å². The summed E-state index contributed by atoms with van der Waals surface area (Å²) in [6.45, 7) is 9.12. The fourth-order valence-corrected chi connectivity index (χ4v) is 3.34. The van der Waals surface area contributed by atoms with Gasteiger partial charge in [-0.3, -0.25) is 0 Å². The van der Waals surface area contributed by atoms with Crippen molar-refractivity contribution in [1.82, 2.24) is 10.2 Å². The predicted octanol–water partition coefficient (Wildman–Crippen LogP) is 2.80. The summed E-state index contributed by atoms with van der Waals surface area (Å²) in [7, 11) is 0. The van der Waals surface area contributed by atoms with Crippen LogP contribution in [-0.2, 0) is 4.74 Å². The Kier molecular flexibility index (Phi) is 6.62. The first-order valence-electron chi connectivity index (χ1n) is 8.38.